The second-order valence-electron chi connectivity index (χ2n) is 4.54. The van der Waals surface area contributed by atoms with E-state index in [-0.39, 0.29) is 23.1 Å². The van der Waals surface area contributed by atoms with Gasteiger partial charge in [-0.3, -0.25) is 0 Å². The predicted octanol–water partition coefficient (Wildman–Crippen LogP) is 4.60. The number of nitrogens with one attached hydrogen (secondary N) is 1. The van der Waals surface area contributed by atoms with E-state index in [1.165, 1.54) is 18.2 Å². The molecule has 6 heteroatoms. The second-order valence-corrected chi connectivity index (χ2v) is 5.39. The van der Waals surface area contributed by atoms with Crippen LogP contribution in [0.5, 0.6) is 0 Å². The molecule has 0 spiro atoms. The molecule has 2 N–H and O–H groups in total. The molecule has 0 aromatic heterocycles. The molecule has 21 heavy (non-hydrogen) atoms. The fraction of sp³-hybridized carbons (Fsp3) is 0.133. The number of rotatable bonds is 4. The zero-order valence-corrected chi connectivity index (χ0v) is 12.6. The lowest BCUT2D eigenvalue weighted by molar-refractivity contribution is 0.0697. The third-order valence-electron chi connectivity index (χ3n) is 3.03. The van der Waals surface area contributed by atoms with Gasteiger partial charge in [-0.1, -0.05) is 6.07 Å². The minimum Gasteiger partial charge on any atom is -0.478 e. The molecule has 0 bridgehead atoms. The molecule has 1 atom stereocenters. The van der Waals surface area contributed by atoms with E-state index in [2.05, 4.69) is 21.2 Å². The van der Waals surface area contributed by atoms with Crippen molar-refractivity contribution in [3.8, 4) is 0 Å². The first kappa shape index (κ1) is 15.4. The first-order chi connectivity index (χ1) is 9.88. The van der Waals surface area contributed by atoms with Gasteiger partial charge in [0.1, 0.15) is 11.6 Å². The van der Waals surface area contributed by atoms with Gasteiger partial charge in [0.15, 0.2) is 0 Å². The van der Waals surface area contributed by atoms with Crippen LogP contribution in [0.4, 0.5) is 14.5 Å². The molecule has 2 aromatic rings. The van der Waals surface area contributed by atoms with Crippen LogP contribution >= 0.6 is 15.9 Å². The Morgan fingerprint density at radius 3 is 2.48 bits per heavy atom. The molecule has 3 nitrogen and oxygen atoms in total. The molecule has 0 heterocycles. The van der Waals surface area contributed by atoms with Gasteiger partial charge in [0.25, 0.3) is 0 Å². The number of carbonyl (C=O) groups is 1. The van der Waals surface area contributed by atoms with Crippen molar-refractivity contribution in [2.24, 2.45) is 0 Å². The summed E-state index contributed by atoms with van der Waals surface area (Å²) in [5.74, 6) is -2.06. The van der Waals surface area contributed by atoms with Gasteiger partial charge in [-0.2, -0.15) is 0 Å². The number of benzene rings is 2. The molecule has 1 unspecified atom stereocenters. The number of carboxylic acid groups (broad SMARTS) is 1. The molecule has 0 aliphatic heterocycles. The minimum absolute atomic E-state index is 0.00798. The van der Waals surface area contributed by atoms with E-state index in [0.29, 0.717) is 4.47 Å². The molecule has 0 radical (unpaired) electrons. The summed E-state index contributed by atoms with van der Waals surface area (Å²) < 4.78 is 27.2. The Morgan fingerprint density at radius 1 is 1.19 bits per heavy atom. The van der Waals surface area contributed by atoms with Crippen LogP contribution in [0, 0.1) is 11.6 Å². The van der Waals surface area contributed by atoms with E-state index in [4.69, 9.17) is 5.11 Å². The van der Waals surface area contributed by atoms with Gasteiger partial charge in [0.05, 0.1) is 15.7 Å². The lowest BCUT2D eigenvalue weighted by Crippen LogP contribution is -2.09. The SMILES string of the molecule is CC(Nc1cc(C(=O)O)ccc1F)c1ccc(F)c(Br)c1. The highest BCUT2D eigenvalue weighted by Gasteiger charge is 2.13. The molecule has 0 fully saturated rings. The largest absolute Gasteiger partial charge is 0.478 e. The Kier molecular flexibility index (Phi) is 4.57. The third-order valence-corrected chi connectivity index (χ3v) is 3.64. The Morgan fingerprint density at radius 2 is 1.86 bits per heavy atom. The highest BCUT2D eigenvalue weighted by atomic mass is 79.9. The minimum atomic E-state index is -1.13. The first-order valence-electron chi connectivity index (χ1n) is 6.13. The Balaban J connectivity index is 2.26. The molecular weight excluding hydrogens is 344 g/mol. The maximum Gasteiger partial charge on any atom is 0.335 e. The van der Waals surface area contributed by atoms with Gasteiger partial charge >= 0.3 is 5.97 Å². The zero-order chi connectivity index (χ0) is 15.6. The monoisotopic (exact) mass is 355 g/mol. The van der Waals surface area contributed by atoms with Crippen LogP contribution in [0.25, 0.3) is 0 Å². The van der Waals surface area contributed by atoms with E-state index in [0.717, 1.165) is 11.6 Å². The van der Waals surface area contributed by atoms with Crippen molar-refractivity contribution in [2.45, 2.75) is 13.0 Å². The quantitative estimate of drug-likeness (QED) is 0.842. The molecule has 110 valence electrons. The molecule has 0 aliphatic carbocycles. The summed E-state index contributed by atoms with van der Waals surface area (Å²) in [6, 6.07) is 7.68. The normalized spacial score (nSPS) is 12.0. The molecular formula is C15H12BrF2NO2. The van der Waals surface area contributed by atoms with Crippen LogP contribution < -0.4 is 5.32 Å². The van der Waals surface area contributed by atoms with E-state index in [1.807, 2.05) is 0 Å². The third kappa shape index (κ3) is 3.58. The maximum absolute atomic E-state index is 13.7. The van der Waals surface area contributed by atoms with E-state index < -0.39 is 11.8 Å². The summed E-state index contributed by atoms with van der Waals surface area (Å²) in [6.45, 7) is 1.77. The fourth-order valence-electron chi connectivity index (χ4n) is 1.87. The Labute approximate surface area is 128 Å². The summed E-state index contributed by atoms with van der Waals surface area (Å²) in [6.07, 6.45) is 0. The Hall–Kier alpha value is -1.95. The number of halogens is 3. The topological polar surface area (TPSA) is 49.3 Å². The second kappa shape index (κ2) is 6.22. The van der Waals surface area contributed by atoms with Crippen LogP contribution in [0.3, 0.4) is 0 Å². The number of hydrogen-bond donors (Lipinski definition) is 2. The first-order valence-corrected chi connectivity index (χ1v) is 6.92. The predicted molar refractivity (Wildman–Crippen MR) is 79.5 cm³/mol. The lowest BCUT2D eigenvalue weighted by atomic mass is 10.1. The number of hydrogen-bond acceptors (Lipinski definition) is 2. The standard InChI is InChI=1S/C15H12BrF2NO2/c1-8(9-2-4-12(17)11(16)6-9)19-14-7-10(15(20)21)3-5-13(14)18/h2-8,19H,1H3,(H,20,21). The lowest BCUT2D eigenvalue weighted by Gasteiger charge is -2.17. The molecule has 0 saturated heterocycles. The molecule has 2 rings (SSSR count). The van der Waals surface area contributed by atoms with Gasteiger partial charge in [0.2, 0.25) is 0 Å². The van der Waals surface area contributed by atoms with Gasteiger partial charge in [0, 0.05) is 6.04 Å². The fourth-order valence-corrected chi connectivity index (χ4v) is 2.26. The average Bonchev–Trinajstić information content (AvgIpc) is 2.43. The maximum atomic E-state index is 13.7. The number of carboxylic acids is 1. The van der Waals surface area contributed by atoms with Gasteiger partial charge in [-0.15, -0.1) is 0 Å². The summed E-state index contributed by atoms with van der Waals surface area (Å²) in [5.41, 5.74) is 0.817. The van der Waals surface area contributed by atoms with Crippen molar-refractivity contribution in [1.29, 1.82) is 0 Å². The smallest absolute Gasteiger partial charge is 0.335 e. The van der Waals surface area contributed by atoms with Crippen molar-refractivity contribution in [3.63, 3.8) is 0 Å². The summed E-state index contributed by atoms with van der Waals surface area (Å²) in [7, 11) is 0. The molecule has 2 aromatic carbocycles. The van der Waals surface area contributed by atoms with Gasteiger partial charge in [-0.05, 0) is 58.7 Å². The van der Waals surface area contributed by atoms with Crippen LogP contribution in [0.2, 0.25) is 0 Å². The van der Waals surface area contributed by atoms with Crippen molar-refractivity contribution in [2.75, 3.05) is 5.32 Å². The van der Waals surface area contributed by atoms with Crippen molar-refractivity contribution in [3.05, 3.63) is 63.6 Å². The van der Waals surface area contributed by atoms with Crippen LogP contribution in [-0.4, -0.2) is 11.1 Å². The van der Waals surface area contributed by atoms with Gasteiger partial charge < -0.3 is 10.4 Å². The van der Waals surface area contributed by atoms with Crippen molar-refractivity contribution >= 4 is 27.6 Å². The highest BCUT2D eigenvalue weighted by molar-refractivity contribution is 9.10. The van der Waals surface area contributed by atoms with Gasteiger partial charge in [-0.25, -0.2) is 13.6 Å². The van der Waals surface area contributed by atoms with E-state index in [9.17, 15) is 13.6 Å². The number of aromatic carboxylic acids is 1. The summed E-state index contributed by atoms with van der Waals surface area (Å²) >= 11 is 3.09. The summed E-state index contributed by atoms with van der Waals surface area (Å²) in [5, 5.41) is 11.8. The molecule has 0 aliphatic rings. The van der Waals surface area contributed by atoms with Crippen LogP contribution in [0.15, 0.2) is 40.9 Å². The van der Waals surface area contributed by atoms with Crippen LogP contribution in [-0.2, 0) is 0 Å². The number of anilines is 1. The molecule has 0 amide bonds. The zero-order valence-electron chi connectivity index (χ0n) is 11.0. The molecule has 0 saturated carbocycles. The van der Waals surface area contributed by atoms with E-state index in [1.54, 1.807) is 19.1 Å². The van der Waals surface area contributed by atoms with Crippen molar-refractivity contribution in [1.82, 2.24) is 0 Å². The highest BCUT2D eigenvalue weighted by Crippen LogP contribution is 2.26. The average molecular weight is 356 g/mol. The van der Waals surface area contributed by atoms with Crippen molar-refractivity contribution < 1.29 is 18.7 Å². The Bertz CT molecular complexity index is 691. The van der Waals surface area contributed by atoms with Crippen LogP contribution in [0.1, 0.15) is 28.9 Å². The van der Waals surface area contributed by atoms with E-state index >= 15 is 0 Å². The summed E-state index contributed by atoms with van der Waals surface area (Å²) in [4.78, 5) is 10.9.